The monoisotopic (exact) mass is 338 g/mol. The largest absolute Gasteiger partial charge is 0.387 e. The molecule has 4 heterocycles. The van der Waals surface area contributed by atoms with Crippen LogP contribution in [0.15, 0.2) is 10.9 Å². The number of aliphatic hydroxyl groups is 2. The Kier molecular flexibility index (Phi) is 3.10. The van der Waals surface area contributed by atoms with E-state index in [0.29, 0.717) is 11.2 Å². The molecule has 0 spiro atoms. The molecule has 0 aromatic carbocycles. The third kappa shape index (κ3) is 1.67. The maximum Gasteiger partial charge on any atom is 0.147 e. The fourth-order valence-electron chi connectivity index (χ4n) is 2.58. The van der Waals surface area contributed by atoms with E-state index in [0.717, 1.165) is 0 Å². The summed E-state index contributed by atoms with van der Waals surface area (Å²) in [4.78, 5) is 11.9. The van der Waals surface area contributed by atoms with Crippen molar-refractivity contribution in [2.45, 2.75) is 31.1 Å². The van der Waals surface area contributed by atoms with Gasteiger partial charge in [0.25, 0.3) is 0 Å². The van der Waals surface area contributed by atoms with Gasteiger partial charge in [0.15, 0.2) is 0 Å². The minimum absolute atomic E-state index is 0. The molecule has 0 saturated carbocycles. The van der Waals surface area contributed by atoms with Gasteiger partial charge in [0, 0.05) is 38.2 Å². The molecule has 2 aliphatic rings. The summed E-state index contributed by atoms with van der Waals surface area (Å²) in [7, 11) is 0. The van der Waals surface area contributed by atoms with Crippen molar-refractivity contribution >= 4 is 11.2 Å². The zero-order chi connectivity index (χ0) is 12.4. The van der Waals surface area contributed by atoms with Gasteiger partial charge in [-0.15, -0.1) is 12.1 Å². The minimum atomic E-state index is -1.14. The van der Waals surface area contributed by atoms with Crippen LogP contribution in [0.2, 0.25) is 0 Å². The Labute approximate surface area is 131 Å². The molecular weight excluding hydrogens is 329 g/mol. The van der Waals surface area contributed by atoms with Gasteiger partial charge < -0.3 is 24.3 Å². The van der Waals surface area contributed by atoms with Crippen LogP contribution in [0.3, 0.4) is 0 Å². The van der Waals surface area contributed by atoms with Gasteiger partial charge in [-0.25, -0.2) is 0 Å². The molecule has 2 aromatic heterocycles. The summed E-state index contributed by atoms with van der Waals surface area (Å²) in [6.07, 6.45) is -3.69. The van der Waals surface area contributed by atoms with Crippen LogP contribution in [-0.2, 0) is 44.0 Å². The molecule has 1 unspecified atom stereocenters. The van der Waals surface area contributed by atoms with Gasteiger partial charge in [-0.2, -0.15) is 5.10 Å². The van der Waals surface area contributed by atoms with Crippen LogP contribution in [0.5, 0.6) is 0 Å². The first-order valence-electron chi connectivity index (χ1n) is 5.55. The van der Waals surface area contributed by atoms with Crippen molar-refractivity contribution in [2.24, 2.45) is 0 Å². The van der Waals surface area contributed by atoms with Crippen molar-refractivity contribution < 1.29 is 47.7 Å². The summed E-state index contributed by atoms with van der Waals surface area (Å²) in [6, 6.07) is 3.96. The second-order valence-electron chi connectivity index (χ2n) is 4.49. The standard InChI is InChI=1S/C10H9N4O4.Y/c15-6-2-1-4-9-13(12-11-4)3-5-7(16)8(17)10(18-5)14(6)9;/h2,5,7-8,10,16-17H,3H2;/q-1;/t5-,7+,8?,10+;/m1./s1. The summed E-state index contributed by atoms with van der Waals surface area (Å²) < 4.78 is 8.28. The van der Waals surface area contributed by atoms with Crippen LogP contribution in [0.25, 0.3) is 11.2 Å². The molecule has 2 N–H and O–H groups in total. The molecule has 0 amide bonds. The molecule has 1 saturated heterocycles. The first-order valence-corrected chi connectivity index (χ1v) is 5.55. The van der Waals surface area contributed by atoms with Crippen LogP contribution >= 0.6 is 0 Å². The quantitative estimate of drug-likeness (QED) is 0.540. The maximum absolute atomic E-state index is 11.9. The van der Waals surface area contributed by atoms with Gasteiger partial charge in [-0.05, 0) is 0 Å². The normalized spacial score (nSPS) is 32.1. The van der Waals surface area contributed by atoms with E-state index in [9.17, 15) is 15.0 Å². The number of hydrogen-bond acceptors (Lipinski definition) is 6. The SMILES string of the molecule is O=c1c[c-]c2nnn3c2n1[C@H]1O[C@H](C3)[C@H](O)C1O.[Y]. The van der Waals surface area contributed by atoms with Crippen molar-refractivity contribution in [1.82, 2.24) is 19.6 Å². The topological polar surface area (TPSA) is 102 Å². The van der Waals surface area contributed by atoms with Crippen LogP contribution in [0.1, 0.15) is 6.23 Å². The predicted molar refractivity (Wildman–Crippen MR) is 56.5 cm³/mol. The fraction of sp³-hybridized carbons (Fsp3) is 0.500. The number of nitrogens with zero attached hydrogens (tertiary/aromatic N) is 4. The number of ether oxygens (including phenoxy) is 1. The maximum atomic E-state index is 11.9. The summed E-state index contributed by atoms with van der Waals surface area (Å²) in [5.74, 6) is 0. The van der Waals surface area contributed by atoms with Gasteiger partial charge in [-0.1, -0.05) is 5.21 Å². The first-order chi connectivity index (χ1) is 8.66. The number of hydrogen-bond donors (Lipinski definition) is 2. The Hall–Kier alpha value is -0.666. The predicted octanol–water partition coefficient (Wildman–Crippen LogP) is -1.98. The second-order valence-corrected chi connectivity index (χ2v) is 4.49. The van der Waals surface area contributed by atoms with Crippen molar-refractivity contribution in [3.05, 3.63) is 22.5 Å². The van der Waals surface area contributed by atoms with E-state index in [1.54, 1.807) is 0 Å². The molecule has 4 atom stereocenters. The summed E-state index contributed by atoms with van der Waals surface area (Å²) in [5.41, 5.74) is 0.526. The van der Waals surface area contributed by atoms with Gasteiger partial charge in [0.05, 0.1) is 12.2 Å². The van der Waals surface area contributed by atoms with Crippen LogP contribution in [0.4, 0.5) is 0 Å². The number of aliphatic hydroxyl groups excluding tert-OH is 2. The van der Waals surface area contributed by atoms with Crippen LogP contribution in [0, 0.1) is 6.07 Å². The third-order valence-corrected chi connectivity index (χ3v) is 3.45. The smallest absolute Gasteiger partial charge is 0.147 e. The minimum Gasteiger partial charge on any atom is -0.387 e. The Morgan fingerprint density at radius 1 is 1.42 bits per heavy atom. The molecule has 97 valence electrons. The van der Waals surface area contributed by atoms with Gasteiger partial charge in [0.2, 0.25) is 0 Å². The summed E-state index contributed by atoms with van der Waals surface area (Å²) in [5, 5.41) is 27.6. The summed E-state index contributed by atoms with van der Waals surface area (Å²) >= 11 is 0. The molecule has 0 aliphatic carbocycles. The van der Waals surface area contributed by atoms with Crippen molar-refractivity contribution in [2.75, 3.05) is 0 Å². The first kappa shape index (κ1) is 13.3. The molecule has 2 bridgehead atoms. The molecule has 4 rings (SSSR count). The molecule has 9 heteroatoms. The average molecular weight is 338 g/mol. The number of pyridine rings is 1. The Balaban J connectivity index is 0.00000110. The molecule has 1 fully saturated rings. The zero-order valence-corrected chi connectivity index (χ0v) is 12.5. The zero-order valence-electron chi connectivity index (χ0n) is 9.67. The van der Waals surface area contributed by atoms with E-state index in [4.69, 9.17) is 4.74 Å². The molecular formula is C10H9N4O4Y-. The number of fused-ring (bicyclic) bond motifs is 3. The fourth-order valence-corrected chi connectivity index (χ4v) is 2.58. The number of rotatable bonds is 0. The van der Waals surface area contributed by atoms with Crippen molar-refractivity contribution in [3.63, 3.8) is 0 Å². The molecule has 1 radical (unpaired) electrons. The Morgan fingerprint density at radius 2 is 2.21 bits per heavy atom. The van der Waals surface area contributed by atoms with E-state index in [2.05, 4.69) is 16.4 Å². The van der Waals surface area contributed by atoms with Gasteiger partial charge in [0.1, 0.15) is 30.1 Å². The van der Waals surface area contributed by atoms with Crippen molar-refractivity contribution in [1.29, 1.82) is 0 Å². The van der Waals surface area contributed by atoms with Gasteiger partial charge >= 0.3 is 0 Å². The van der Waals surface area contributed by atoms with Crippen molar-refractivity contribution in [3.8, 4) is 0 Å². The second kappa shape index (κ2) is 4.42. The molecule has 2 aliphatic heterocycles. The van der Waals surface area contributed by atoms with E-state index < -0.39 is 24.5 Å². The molecule has 19 heavy (non-hydrogen) atoms. The van der Waals surface area contributed by atoms with Gasteiger partial charge in [-0.3, -0.25) is 4.68 Å². The molecule has 8 nitrogen and oxygen atoms in total. The third-order valence-electron chi connectivity index (χ3n) is 3.45. The van der Waals surface area contributed by atoms with E-state index in [1.807, 2.05) is 0 Å². The number of aromatic nitrogens is 4. The summed E-state index contributed by atoms with van der Waals surface area (Å²) in [6.45, 7) is 0.239. The van der Waals surface area contributed by atoms with E-state index >= 15 is 0 Å². The van der Waals surface area contributed by atoms with Crippen LogP contribution in [-0.4, -0.2) is 48.1 Å². The Bertz CT molecular complexity index is 698. The molecule has 2 aromatic rings. The van der Waals surface area contributed by atoms with E-state index in [1.165, 1.54) is 15.3 Å². The van der Waals surface area contributed by atoms with Crippen LogP contribution < -0.4 is 5.56 Å². The van der Waals surface area contributed by atoms with E-state index in [-0.39, 0.29) is 44.8 Å². The Morgan fingerprint density at radius 3 is 3.00 bits per heavy atom. The average Bonchev–Trinajstić information content (AvgIpc) is 2.80.